The van der Waals surface area contributed by atoms with Crippen molar-refractivity contribution < 1.29 is 0 Å². The molecule has 0 radical (unpaired) electrons. The quantitative estimate of drug-likeness (QED) is 0.135. The molecule has 0 N–H and O–H groups in total. The molecule has 10 rings (SSSR count). The van der Waals surface area contributed by atoms with E-state index < -0.39 is 0 Å². The van der Waals surface area contributed by atoms with Crippen molar-refractivity contribution in [3.63, 3.8) is 0 Å². The van der Waals surface area contributed by atoms with Gasteiger partial charge in [0.2, 0.25) is 0 Å². The van der Waals surface area contributed by atoms with E-state index in [-0.39, 0.29) is 0 Å². The summed E-state index contributed by atoms with van der Waals surface area (Å²) in [5.41, 5.74) is 16.5. The Morgan fingerprint density at radius 1 is 0.475 bits per heavy atom. The summed E-state index contributed by atoms with van der Waals surface area (Å²) >= 11 is 0. The molecule has 9 aromatic rings. The monoisotopic (exact) mass is 754 g/mol. The van der Waals surface area contributed by atoms with Gasteiger partial charge in [0, 0.05) is 40.5 Å². The van der Waals surface area contributed by atoms with E-state index in [9.17, 15) is 0 Å². The van der Waals surface area contributed by atoms with E-state index in [2.05, 4.69) is 223 Å². The molecule has 0 aliphatic carbocycles. The van der Waals surface area contributed by atoms with E-state index in [0.717, 1.165) is 40.3 Å². The number of nitrogens with zero attached hydrogens (tertiary/aromatic N) is 2. The van der Waals surface area contributed by atoms with E-state index in [0.29, 0.717) is 0 Å². The Balaban J connectivity index is 1.05. The first-order chi connectivity index (χ1) is 29.1. The van der Waals surface area contributed by atoms with Crippen LogP contribution in [0.4, 0.5) is 34.1 Å². The third-order valence-electron chi connectivity index (χ3n) is 11.6. The molecule has 9 aromatic carbocycles. The molecule has 0 aromatic heterocycles. The van der Waals surface area contributed by atoms with Gasteiger partial charge in [-0.3, -0.25) is 0 Å². The Labute approximate surface area is 346 Å². The standard InChI is InChI=1S/C57H42N2/c1-3-13-40(4-2)42-22-31-52(32-23-42)59-56-34-27-46(36-48(56)38-49-37-47(28-35-57(49)59)55-21-12-17-44-15-10-11-20-54(44)55)43-24-29-51(30-25-43)58(50-18-6-5-7-19-50)53-33-26-41-14-8-9-16-45(41)39-53/h3-37,39H,1-2,38H2/b40-13+. The van der Waals surface area contributed by atoms with Gasteiger partial charge in [-0.05, 0) is 139 Å². The fourth-order valence-electron chi connectivity index (χ4n) is 8.68. The van der Waals surface area contributed by atoms with Crippen molar-refractivity contribution >= 4 is 61.2 Å². The van der Waals surface area contributed by atoms with Gasteiger partial charge in [0.05, 0.1) is 0 Å². The van der Waals surface area contributed by atoms with Crippen LogP contribution >= 0.6 is 0 Å². The summed E-state index contributed by atoms with van der Waals surface area (Å²) in [5.74, 6) is 0. The number of hydrogen-bond donors (Lipinski definition) is 0. The van der Waals surface area contributed by atoms with Crippen molar-refractivity contribution in [2.45, 2.75) is 6.42 Å². The van der Waals surface area contributed by atoms with Crippen molar-refractivity contribution in [3.8, 4) is 22.3 Å². The lowest BCUT2D eigenvalue weighted by Gasteiger charge is -2.34. The molecule has 0 unspecified atom stereocenters. The zero-order valence-corrected chi connectivity index (χ0v) is 32.8. The Kier molecular flexibility index (Phi) is 9.29. The van der Waals surface area contributed by atoms with Crippen LogP contribution in [0.3, 0.4) is 0 Å². The summed E-state index contributed by atoms with van der Waals surface area (Å²) < 4.78 is 0. The molecule has 280 valence electrons. The fraction of sp³-hybridized carbons (Fsp3) is 0.0175. The smallest absolute Gasteiger partial charge is 0.0497 e. The van der Waals surface area contributed by atoms with Crippen molar-refractivity contribution in [1.82, 2.24) is 0 Å². The maximum atomic E-state index is 4.04. The molecule has 0 saturated heterocycles. The third kappa shape index (κ3) is 6.71. The molecule has 0 spiro atoms. The number of allylic oxidation sites excluding steroid dienone is 4. The number of hydrogen-bond acceptors (Lipinski definition) is 2. The molecule has 0 atom stereocenters. The van der Waals surface area contributed by atoms with Crippen molar-refractivity contribution in [3.05, 3.63) is 248 Å². The Morgan fingerprint density at radius 3 is 1.83 bits per heavy atom. The number of para-hydroxylation sites is 1. The van der Waals surface area contributed by atoms with E-state index >= 15 is 0 Å². The lowest BCUT2D eigenvalue weighted by molar-refractivity contribution is 1.09. The zero-order valence-electron chi connectivity index (χ0n) is 32.8. The van der Waals surface area contributed by atoms with Gasteiger partial charge in [-0.2, -0.15) is 0 Å². The average Bonchev–Trinajstić information content (AvgIpc) is 3.30. The molecule has 0 amide bonds. The van der Waals surface area contributed by atoms with Crippen molar-refractivity contribution in [1.29, 1.82) is 0 Å². The predicted molar refractivity (Wildman–Crippen MR) is 253 cm³/mol. The fourth-order valence-corrected chi connectivity index (χ4v) is 8.68. The minimum absolute atomic E-state index is 0.830. The largest absolute Gasteiger partial charge is 0.310 e. The van der Waals surface area contributed by atoms with Crippen LogP contribution in [0.1, 0.15) is 16.7 Å². The summed E-state index contributed by atoms with van der Waals surface area (Å²) in [7, 11) is 0. The second-order valence-electron chi connectivity index (χ2n) is 15.1. The number of fused-ring (bicyclic) bond motifs is 4. The molecule has 2 heteroatoms. The lowest BCUT2D eigenvalue weighted by Crippen LogP contribution is -2.18. The SMILES string of the molecule is C=C/C=C(\C=C)c1ccc(N2c3ccc(-c4ccc(N(c5ccccc5)c5ccc6ccccc6c5)cc4)cc3Cc3cc(-c4cccc5ccccc45)ccc32)cc1. The molecule has 0 bridgehead atoms. The van der Waals surface area contributed by atoms with Crippen LogP contribution in [0.15, 0.2) is 232 Å². The van der Waals surface area contributed by atoms with Crippen LogP contribution in [0.5, 0.6) is 0 Å². The topological polar surface area (TPSA) is 6.48 Å². The van der Waals surface area contributed by atoms with Crippen LogP contribution in [-0.2, 0) is 6.42 Å². The van der Waals surface area contributed by atoms with Gasteiger partial charge >= 0.3 is 0 Å². The summed E-state index contributed by atoms with van der Waals surface area (Å²) in [5, 5.41) is 4.97. The highest BCUT2D eigenvalue weighted by molar-refractivity contribution is 5.98. The maximum absolute atomic E-state index is 4.04. The molecule has 0 fully saturated rings. The summed E-state index contributed by atoms with van der Waals surface area (Å²) in [6, 6.07) is 72.8. The van der Waals surface area contributed by atoms with Gasteiger partial charge in [0.15, 0.2) is 0 Å². The van der Waals surface area contributed by atoms with Crippen molar-refractivity contribution in [2.24, 2.45) is 0 Å². The molecule has 2 nitrogen and oxygen atoms in total. The van der Waals surface area contributed by atoms with E-state index in [1.165, 1.54) is 66.3 Å². The molecule has 59 heavy (non-hydrogen) atoms. The summed E-state index contributed by atoms with van der Waals surface area (Å²) in [6.45, 7) is 7.94. The number of benzene rings is 9. The van der Waals surface area contributed by atoms with Crippen LogP contribution in [0.25, 0.3) is 49.4 Å². The first kappa shape index (κ1) is 35.7. The Morgan fingerprint density at radius 2 is 1.08 bits per heavy atom. The number of anilines is 6. The molecular formula is C57H42N2. The maximum Gasteiger partial charge on any atom is 0.0497 e. The van der Waals surface area contributed by atoms with Crippen LogP contribution in [0.2, 0.25) is 0 Å². The average molecular weight is 755 g/mol. The first-order valence-electron chi connectivity index (χ1n) is 20.2. The Hall–Kier alpha value is -7.68. The molecule has 1 aliphatic heterocycles. The summed E-state index contributed by atoms with van der Waals surface area (Å²) in [6.07, 6.45) is 6.52. The molecule has 1 heterocycles. The van der Waals surface area contributed by atoms with Crippen molar-refractivity contribution in [2.75, 3.05) is 9.80 Å². The van der Waals surface area contributed by atoms with Crippen LogP contribution < -0.4 is 9.80 Å². The van der Waals surface area contributed by atoms with Crippen LogP contribution in [-0.4, -0.2) is 0 Å². The minimum atomic E-state index is 0.830. The van der Waals surface area contributed by atoms with E-state index in [1.54, 1.807) is 0 Å². The second kappa shape index (κ2) is 15.3. The van der Waals surface area contributed by atoms with Gasteiger partial charge < -0.3 is 9.80 Å². The van der Waals surface area contributed by atoms with Crippen LogP contribution in [0, 0.1) is 0 Å². The minimum Gasteiger partial charge on any atom is -0.310 e. The van der Waals surface area contributed by atoms with Gasteiger partial charge in [0.25, 0.3) is 0 Å². The van der Waals surface area contributed by atoms with Gasteiger partial charge in [-0.15, -0.1) is 0 Å². The normalized spacial score (nSPS) is 12.2. The molecule has 1 aliphatic rings. The predicted octanol–water partition coefficient (Wildman–Crippen LogP) is 15.9. The Bertz CT molecular complexity index is 3040. The van der Waals surface area contributed by atoms with E-state index in [4.69, 9.17) is 0 Å². The molecule has 0 saturated carbocycles. The highest BCUT2D eigenvalue weighted by atomic mass is 15.2. The highest BCUT2D eigenvalue weighted by Gasteiger charge is 2.26. The second-order valence-corrected chi connectivity index (χ2v) is 15.1. The highest BCUT2D eigenvalue weighted by Crippen LogP contribution is 2.47. The first-order valence-corrected chi connectivity index (χ1v) is 20.2. The number of rotatable bonds is 9. The van der Waals surface area contributed by atoms with Gasteiger partial charge in [-0.1, -0.05) is 159 Å². The zero-order chi connectivity index (χ0) is 39.7. The van der Waals surface area contributed by atoms with Gasteiger partial charge in [0.1, 0.15) is 0 Å². The molecular weight excluding hydrogens is 713 g/mol. The van der Waals surface area contributed by atoms with Gasteiger partial charge in [-0.25, -0.2) is 0 Å². The third-order valence-corrected chi connectivity index (χ3v) is 11.6. The lowest BCUT2D eigenvalue weighted by atomic mass is 9.89. The van der Waals surface area contributed by atoms with E-state index in [1.807, 2.05) is 18.2 Å². The summed E-state index contributed by atoms with van der Waals surface area (Å²) in [4.78, 5) is 4.76.